The van der Waals surface area contributed by atoms with E-state index in [1.807, 2.05) is 0 Å². The largest absolute Gasteiger partial charge is 0.474 e. The van der Waals surface area contributed by atoms with Crippen LogP contribution in [0.25, 0.3) is 0 Å². The quantitative estimate of drug-likeness (QED) is 0.773. The fourth-order valence-corrected chi connectivity index (χ4v) is 2.29. The Morgan fingerprint density at radius 3 is 2.70 bits per heavy atom. The highest BCUT2D eigenvalue weighted by atomic mass is 16.6. The van der Waals surface area contributed by atoms with E-state index in [1.165, 1.54) is 6.42 Å². The number of rotatable bonds is 5. The average molecular weight is 277 g/mol. The number of pyridine rings is 1. The molecule has 0 saturated heterocycles. The fourth-order valence-electron chi connectivity index (χ4n) is 2.29. The van der Waals surface area contributed by atoms with Crippen LogP contribution in [0, 0.1) is 0 Å². The van der Waals surface area contributed by atoms with Crippen molar-refractivity contribution in [1.29, 1.82) is 0 Å². The van der Waals surface area contributed by atoms with Gasteiger partial charge in [-0.15, -0.1) is 0 Å². The number of nitrogens with zero attached hydrogens (tertiary/aromatic N) is 1. The van der Waals surface area contributed by atoms with E-state index in [0.29, 0.717) is 11.4 Å². The lowest BCUT2D eigenvalue weighted by Crippen LogP contribution is -2.38. The van der Waals surface area contributed by atoms with Crippen molar-refractivity contribution in [1.82, 2.24) is 4.98 Å². The lowest BCUT2D eigenvalue weighted by Gasteiger charge is -2.33. The Bertz CT molecular complexity index is 481. The summed E-state index contributed by atoms with van der Waals surface area (Å²) in [4.78, 5) is 16.2. The first-order valence-electron chi connectivity index (χ1n) is 7.11. The molecule has 2 aliphatic rings. The predicted molar refractivity (Wildman–Crippen MR) is 71.7 cm³/mol. The summed E-state index contributed by atoms with van der Waals surface area (Å²) in [7, 11) is 1.68. The standard InChI is InChI=1S/C15H19NO4/c1-18-12-8-13(9-12)20-15(17)10-5-6-16-14(7-10)19-11-3-2-4-11/h5-7,11-13H,2-4,8-9H2,1H3. The number of carbonyl (C=O) groups excluding carboxylic acids is 1. The molecule has 0 N–H and O–H groups in total. The molecule has 0 spiro atoms. The minimum atomic E-state index is -0.314. The van der Waals surface area contributed by atoms with Crippen LogP contribution in [0.5, 0.6) is 5.88 Å². The number of carbonyl (C=O) groups is 1. The molecule has 20 heavy (non-hydrogen) atoms. The smallest absolute Gasteiger partial charge is 0.338 e. The maximum atomic E-state index is 12.0. The summed E-state index contributed by atoms with van der Waals surface area (Å²) >= 11 is 0. The molecule has 1 aromatic rings. The highest BCUT2D eigenvalue weighted by Gasteiger charge is 2.32. The van der Waals surface area contributed by atoms with Crippen LogP contribution in [0.4, 0.5) is 0 Å². The number of esters is 1. The second-order valence-electron chi connectivity index (χ2n) is 5.41. The van der Waals surface area contributed by atoms with Gasteiger partial charge in [0.25, 0.3) is 0 Å². The maximum Gasteiger partial charge on any atom is 0.338 e. The van der Waals surface area contributed by atoms with Crippen LogP contribution >= 0.6 is 0 Å². The van der Waals surface area contributed by atoms with Crippen molar-refractivity contribution in [3.05, 3.63) is 23.9 Å². The highest BCUT2D eigenvalue weighted by molar-refractivity contribution is 5.89. The summed E-state index contributed by atoms with van der Waals surface area (Å²) in [5.74, 6) is 0.193. The molecular formula is C15H19NO4. The van der Waals surface area contributed by atoms with Crippen molar-refractivity contribution in [3.63, 3.8) is 0 Å². The Hall–Kier alpha value is -1.62. The van der Waals surface area contributed by atoms with Crippen LogP contribution in [0.1, 0.15) is 42.5 Å². The van der Waals surface area contributed by atoms with Crippen LogP contribution in [-0.2, 0) is 9.47 Å². The SMILES string of the molecule is COC1CC(OC(=O)c2ccnc(OC3CCC3)c2)C1. The summed E-state index contributed by atoms with van der Waals surface area (Å²) in [5.41, 5.74) is 0.496. The number of hydrogen-bond donors (Lipinski definition) is 0. The predicted octanol–water partition coefficient (Wildman–Crippen LogP) is 2.35. The van der Waals surface area contributed by atoms with Gasteiger partial charge in [0.15, 0.2) is 0 Å². The molecule has 3 rings (SSSR count). The van der Waals surface area contributed by atoms with Crippen LogP contribution in [0.3, 0.4) is 0 Å². The van der Waals surface area contributed by atoms with Gasteiger partial charge >= 0.3 is 5.97 Å². The van der Waals surface area contributed by atoms with Crippen LogP contribution < -0.4 is 4.74 Å². The zero-order valence-corrected chi connectivity index (χ0v) is 11.6. The third-order valence-electron chi connectivity index (χ3n) is 3.97. The molecule has 0 atom stereocenters. The first-order valence-corrected chi connectivity index (χ1v) is 7.11. The van der Waals surface area contributed by atoms with Gasteiger partial charge in [-0.25, -0.2) is 9.78 Å². The van der Waals surface area contributed by atoms with Crippen LogP contribution in [0.2, 0.25) is 0 Å². The fraction of sp³-hybridized carbons (Fsp3) is 0.600. The van der Waals surface area contributed by atoms with Crippen molar-refractivity contribution in [2.24, 2.45) is 0 Å². The lowest BCUT2D eigenvalue weighted by atomic mass is 9.92. The van der Waals surface area contributed by atoms with Gasteiger partial charge in [-0.1, -0.05) is 0 Å². The third-order valence-corrected chi connectivity index (χ3v) is 3.97. The highest BCUT2D eigenvalue weighted by Crippen LogP contribution is 2.27. The summed E-state index contributed by atoms with van der Waals surface area (Å²) in [6.07, 6.45) is 6.92. The van der Waals surface area contributed by atoms with E-state index in [9.17, 15) is 4.79 Å². The number of ether oxygens (including phenoxy) is 3. The summed E-state index contributed by atoms with van der Waals surface area (Å²) in [6, 6.07) is 3.32. The molecular weight excluding hydrogens is 258 g/mol. The Kier molecular flexibility index (Phi) is 3.87. The minimum Gasteiger partial charge on any atom is -0.474 e. The second-order valence-corrected chi connectivity index (χ2v) is 5.41. The number of aromatic nitrogens is 1. The van der Waals surface area contributed by atoms with Gasteiger partial charge < -0.3 is 14.2 Å². The van der Waals surface area contributed by atoms with Crippen LogP contribution in [0.15, 0.2) is 18.3 Å². The molecule has 5 nitrogen and oxygen atoms in total. The van der Waals surface area contributed by atoms with Crippen LogP contribution in [-0.4, -0.2) is 36.4 Å². The van der Waals surface area contributed by atoms with Gasteiger partial charge in [-0.3, -0.25) is 0 Å². The topological polar surface area (TPSA) is 57.7 Å². The van der Waals surface area contributed by atoms with Gasteiger partial charge in [0.2, 0.25) is 5.88 Å². The van der Waals surface area contributed by atoms with Gasteiger partial charge in [-0.05, 0) is 25.3 Å². The van der Waals surface area contributed by atoms with Crippen molar-refractivity contribution in [2.75, 3.05) is 7.11 Å². The van der Waals surface area contributed by atoms with Gasteiger partial charge in [0.1, 0.15) is 12.2 Å². The first kappa shape index (κ1) is 13.4. The van der Waals surface area contributed by atoms with E-state index in [4.69, 9.17) is 14.2 Å². The summed E-state index contributed by atoms with van der Waals surface area (Å²) in [5, 5.41) is 0. The molecule has 5 heteroatoms. The van der Waals surface area contributed by atoms with E-state index in [2.05, 4.69) is 4.98 Å². The van der Waals surface area contributed by atoms with Crippen molar-refractivity contribution >= 4 is 5.97 Å². The third kappa shape index (κ3) is 2.93. The second kappa shape index (κ2) is 5.79. The molecule has 0 bridgehead atoms. The Balaban J connectivity index is 1.55. The number of methoxy groups -OCH3 is 1. The van der Waals surface area contributed by atoms with E-state index in [0.717, 1.165) is 25.7 Å². The number of hydrogen-bond acceptors (Lipinski definition) is 5. The van der Waals surface area contributed by atoms with Gasteiger partial charge in [0.05, 0.1) is 11.7 Å². The molecule has 0 aromatic carbocycles. The van der Waals surface area contributed by atoms with Crippen molar-refractivity contribution in [3.8, 4) is 5.88 Å². The molecule has 2 aliphatic carbocycles. The average Bonchev–Trinajstić information content (AvgIpc) is 2.38. The molecule has 0 amide bonds. The summed E-state index contributed by atoms with van der Waals surface area (Å²) < 4.78 is 16.2. The molecule has 2 fully saturated rings. The molecule has 0 aliphatic heterocycles. The molecule has 0 radical (unpaired) electrons. The maximum absolute atomic E-state index is 12.0. The minimum absolute atomic E-state index is 0.0309. The van der Waals surface area contributed by atoms with E-state index < -0.39 is 0 Å². The Morgan fingerprint density at radius 1 is 1.25 bits per heavy atom. The monoisotopic (exact) mass is 277 g/mol. The Morgan fingerprint density at radius 2 is 2.05 bits per heavy atom. The molecule has 108 valence electrons. The van der Waals surface area contributed by atoms with Gasteiger partial charge in [-0.2, -0.15) is 0 Å². The molecule has 0 unspecified atom stereocenters. The van der Waals surface area contributed by atoms with E-state index in [-0.39, 0.29) is 24.3 Å². The van der Waals surface area contributed by atoms with E-state index >= 15 is 0 Å². The van der Waals surface area contributed by atoms with Gasteiger partial charge in [0, 0.05) is 32.2 Å². The zero-order valence-electron chi connectivity index (χ0n) is 11.6. The zero-order chi connectivity index (χ0) is 13.9. The molecule has 1 aromatic heterocycles. The Labute approximate surface area is 118 Å². The first-order chi connectivity index (χ1) is 9.74. The lowest BCUT2D eigenvalue weighted by molar-refractivity contribution is -0.0641. The molecule has 1 heterocycles. The normalized spacial score (nSPS) is 25.4. The van der Waals surface area contributed by atoms with Crippen molar-refractivity contribution in [2.45, 2.75) is 50.4 Å². The van der Waals surface area contributed by atoms with Crippen molar-refractivity contribution < 1.29 is 19.0 Å². The summed E-state index contributed by atoms with van der Waals surface area (Å²) in [6.45, 7) is 0. The molecule has 2 saturated carbocycles. The van der Waals surface area contributed by atoms with E-state index in [1.54, 1.807) is 25.4 Å².